The van der Waals surface area contributed by atoms with E-state index in [1.807, 2.05) is 25.1 Å². The summed E-state index contributed by atoms with van der Waals surface area (Å²) in [5.74, 6) is 1.17. The monoisotopic (exact) mass is 333 g/mol. The van der Waals surface area contributed by atoms with E-state index in [1.54, 1.807) is 38.5 Å². The molecule has 0 fully saturated rings. The minimum atomic E-state index is -0.136. The highest BCUT2D eigenvalue weighted by atomic mass is 35.5. The Hall–Kier alpha value is -2.20. The largest absolute Gasteiger partial charge is 0.493 e. The Kier molecular flexibility index (Phi) is 5.88. The highest BCUT2D eigenvalue weighted by Gasteiger charge is 2.16. The van der Waals surface area contributed by atoms with Crippen LogP contribution < -0.4 is 14.8 Å². The van der Waals surface area contributed by atoms with E-state index in [0.29, 0.717) is 22.1 Å². The van der Waals surface area contributed by atoms with E-state index < -0.39 is 0 Å². The molecule has 0 aromatic heterocycles. The van der Waals surface area contributed by atoms with E-state index >= 15 is 0 Å². The van der Waals surface area contributed by atoms with E-state index in [2.05, 4.69) is 5.32 Å². The van der Waals surface area contributed by atoms with E-state index in [1.165, 1.54) is 0 Å². The molecule has 4 nitrogen and oxygen atoms in total. The molecule has 0 bridgehead atoms. The normalized spacial score (nSPS) is 11.7. The third-order valence-electron chi connectivity index (χ3n) is 3.63. The zero-order valence-electron chi connectivity index (χ0n) is 13.4. The fourth-order valence-corrected chi connectivity index (χ4v) is 2.46. The number of nitrogens with one attached hydrogen (secondary N) is 1. The number of hydrogen-bond acceptors (Lipinski definition) is 3. The molecule has 1 N–H and O–H groups in total. The predicted octanol–water partition coefficient (Wildman–Crippen LogP) is 4.24. The minimum Gasteiger partial charge on any atom is -0.493 e. The predicted molar refractivity (Wildman–Crippen MR) is 91.5 cm³/mol. The summed E-state index contributed by atoms with van der Waals surface area (Å²) in [5, 5.41) is 3.63. The van der Waals surface area contributed by atoms with Gasteiger partial charge in [-0.05, 0) is 48.4 Å². The molecule has 1 atom stereocenters. The quantitative estimate of drug-likeness (QED) is 0.860. The van der Waals surface area contributed by atoms with Gasteiger partial charge in [0.2, 0.25) is 0 Å². The molecule has 5 heteroatoms. The first-order chi connectivity index (χ1) is 11.1. The molecule has 0 saturated heterocycles. The molecular formula is C18H20ClNO3. The van der Waals surface area contributed by atoms with Crippen LogP contribution in [0.5, 0.6) is 11.5 Å². The number of rotatable bonds is 6. The van der Waals surface area contributed by atoms with Crippen molar-refractivity contribution in [3.05, 3.63) is 58.6 Å². The molecule has 2 aromatic carbocycles. The van der Waals surface area contributed by atoms with Gasteiger partial charge in [0, 0.05) is 10.6 Å². The van der Waals surface area contributed by atoms with Gasteiger partial charge in [0.1, 0.15) is 0 Å². The molecule has 0 aliphatic rings. The van der Waals surface area contributed by atoms with Gasteiger partial charge >= 0.3 is 0 Å². The summed E-state index contributed by atoms with van der Waals surface area (Å²) in [5.41, 5.74) is 1.54. The molecule has 0 saturated carbocycles. The van der Waals surface area contributed by atoms with Gasteiger partial charge in [-0.3, -0.25) is 4.79 Å². The number of halogens is 1. The zero-order valence-corrected chi connectivity index (χ0v) is 14.2. The van der Waals surface area contributed by atoms with Crippen molar-refractivity contribution in [2.75, 3.05) is 14.2 Å². The second-order valence-corrected chi connectivity index (χ2v) is 5.49. The summed E-state index contributed by atoms with van der Waals surface area (Å²) in [6, 6.07) is 12.4. The van der Waals surface area contributed by atoms with Crippen molar-refractivity contribution in [1.29, 1.82) is 0 Å². The first-order valence-corrected chi connectivity index (χ1v) is 7.75. The van der Waals surface area contributed by atoms with Gasteiger partial charge < -0.3 is 14.8 Å². The number of methoxy groups -OCH3 is 2. The third-order valence-corrected chi connectivity index (χ3v) is 3.88. The van der Waals surface area contributed by atoms with Crippen LogP contribution in [0, 0.1) is 0 Å². The van der Waals surface area contributed by atoms with E-state index in [9.17, 15) is 4.79 Å². The molecule has 122 valence electrons. The Bertz CT molecular complexity index is 670. The van der Waals surface area contributed by atoms with Crippen molar-refractivity contribution in [3.8, 4) is 11.5 Å². The minimum absolute atomic E-state index is 0.113. The van der Waals surface area contributed by atoms with Gasteiger partial charge in [-0.15, -0.1) is 0 Å². The highest BCUT2D eigenvalue weighted by molar-refractivity contribution is 6.30. The molecule has 1 amide bonds. The van der Waals surface area contributed by atoms with Crippen LogP contribution in [0.25, 0.3) is 0 Å². The van der Waals surface area contributed by atoms with Crippen molar-refractivity contribution < 1.29 is 14.3 Å². The number of ether oxygens (including phenoxy) is 2. The summed E-state index contributed by atoms with van der Waals surface area (Å²) in [4.78, 5) is 12.4. The summed E-state index contributed by atoms with van der Waals surface area (Å²) >= 11 is 5.85. The first-order valence-electron chi connectivity index (χ1n) is 7.37. The summed E-state index contributed by atoms with van der Waals surface area (Å²) in [7, 11) is 3.19. The van der Waals surface area contributed by atoms with Crippen molar-refractivity contribution in [2.24, 2.45) is 0 Å². The van der Waals surface area contributed by atoms with E-state index in [-0.39, 0.29) is 11.9 Å². The zero-order chi connectivity index (χ0) is 16.8. The highest BCUT2D eigenvalue weighted by Crippen LogP contribution is 2.31. The Morgan fingerprint density at radius 3 is 2.30 bits per heavy atom. The molecule has 0 spiro atoms. The number of amides is 1. The van der Waals surface area contributed by atoms with Crippen LogP contribution in [0.1, 0.15) is 35.3 Å². The SMILES string of the molecule is CCC(NC(=O)c1ccc(Cl)cc1)c1ccc(OC)c(OC)c1. The fourth-order valence-electron chi connectivity index (χ4n) is 2.33. The van der Waals surface area contributed by atoms with Crippen molar-refractivity contribution in [1.82, 2.24) is 5.32 Å². The molecule has 2 rings (SSSR count). The van der Waals surface area contributed by atoms with Crippen molar-refractivity contribution in [2.45, 2.75) is 19.4 Å². The Morgan fingerprint density at radius 1 is 1.09 bits per heavy atom. The summed E-state index contributed by atoms with van der Waals surface area (Å²) in [6.45, 7) is 2.02. The molecular weight excluding hydrogens is 314 g/mol. The third kappa shape index (κ3) is 4.17. The lowest BCUT2D eigenvalue weighted by atomic mass is 10.0. The maximum absolute atomic E-state index is 12.4. The van der Waals surface area contributed by atoms with Crippen LogP contribution in [-0.2, 0) is 0 Å². The van der Waals surface area contributed by atoms with E-state index in [0.717, 1.165) is 12.0 Å². The maximum atomic E-state index is 12.4. The van der Waals surface area contributed by atoms with Gasteiger partial charge in [-0.1, -0.05) is 24.6 Å². The molecule has 1 unspecified atom stereocenters. The fraction of sp³-hybridized carbons (Fsp3) is 0.278. The standard InChI is InChI=1S/C18H20ClNO3/c1-4-15(13-7-10-16(22-2)17(11-13)23-3)20-18(21)12-5-8-14(19)9-6-12/h5-11,15H,4H2,1-3H3,(H,20,21). The van der Waals surface area contributed by atoms with Crippen LogP contribution in [-0.4, -0.2) is 20.1 Å². The molecule has 2 aromatic rings. The molecule has 0 radical (unpaired) electrons. The summed E-state index contributed by atoms with van der Waals surface area (Å²) in [6.07, 6.45) is 0.759. The second-order valence-electron chi connectivity index (χ2n) is 5.06. The Balaban J connectivity index is 2.19. The van der Waals surface area contributed by atoms with Gasteiger partial charge in [0.05, 0.1) is 20.3 Å². The number of hydrogen-bond donors (Lipinski definition) is 1. The number of carbonyl (C=O) groups is 1. The topological polar surface area (TPSA) is 47.6 Å². The van der Waals surface area contributed by atoms with Gasteiger partial charge in [0.15, 0.2) is 11.5 Å². The lowest BCUT2D eigenvalue weighted by Gasteiger charge is -2.19. The molecule has 23 heavy (non-hydrogen) atoms. The second kappa shape index (κ2) is 7.88. The Morgan fingerprint density at radius 2 is 1.74 bits per heavy atom. The lowest BCUT2D eigenvalue weighted by Crippen LogP contribution is -2.28. The van der Waals surface area contributed by atoms with Crippen LogP contribution in [0.15, 0.2) is 42.5 Å². The van der Waals surface area contributed by atoms with Crippen molar-refractivity contribution in [3.63, 3.8) is 0 Å². The Labute approximate surface area is 141 Å². The molecule has 0 heterocycles. The van der Waals surface area contributed by atoms with Crippen LogP contribution in [0.3, 0.4) is 0 Å². The molecule has 0 aliphatic carbocycles. The van der Waals surface area contributed by atoms with Crippen LogP contribution in [0.2, 0.25) is 5.02 Å². The average molecular weight is 334 g/mol. The maximum Gasteiger partial charge on any atom is 0.251 e. The van der Waals surface area contributed by atoms with Gasteiger partial charge in [-0.25, -0.2) is 0 Å². The van der Waals surface area contributed by atoms with Crippen LogP contribution >= 0.6 is 11.6 Å². The smallest absolute Gasteiger partial charge is 0.251 e. The van der Waals surface area contributed by atoms with Crippen molar-refractivity contribution >= 4 is 17.5 Å². The van der Waals surface area contributed by atoms with E-state index in [4.69, 9.17) is 21.1 Å². The molecule has 0 aliphatic heterocycles. The summed E-state index contributed by atoms with van der Waals surface area (Å²) < 4.78 is 10.6. The van der Waals surface area contributed by atoms with Gasteiger partial charge in [0.25, 0.3) is 5.91 Å². The first kappa shape index (κ1) is 17.2. The number of carbonyl (C=O) groups excluding carboxylic acids is 1. The lowest BCUT2D eigenvalue weighted by molar-refractivity contribution is 0.0935. The van der Waals surface area contributed by atoms with Gasteiger partial charge in [-0.2, -0.15) is 0 Å². The van der Waals surface area contributed by atoms with Crippen LogP contribution in [0.4, 0.5) is 0 Å². The average Bonchev–Trinajstić information content (AvgIpc) is 2.59. The number of benzene rings is 2.